The van der Waals surface area contributed by atoms with Gasteiger partial charge in [0.1, 0.15) is 12.4 Å². The molecule has 0 saturated carbocycles. The van der Waals surface area contributed by atoms with Gasteiger partial charge >= 0.3 is 5.97 Å². The van der Waals surface area contributed by atoms with E-state index in [1.54, 1.807) is 30.3 Å². The Morgan fingerprint density at radius 2 is 1.43 bits per heavy atom. The molecule has 28 heavy (non-hydrogen) atoms. The summed E-state index contributed by atoms with van der Waals surface area (Å²) < 4.78 is 5.92. The van der Waals surface area contributed by atoms with Gasteiger partial charge in [-0.15, -0.1) is 0 Å². The van der Waals surface area contributed by atoms with Gasteiger partial charge in [-0.1, -0.05) is 60.7 Å². The summed E-state index contributed by atoms with van der Waals surface area (Å²) in [5, 5.41) is 9.25. The van der Waals surface area contributed by atoms with Gasteiger partial charge < -0.3 is 9.84 Å². The van der Waals surface area contributed by atoms with E-state index in [4.69, 9.17) is 4.74 Å². The van der Waals surface area contributed by atoms with E-state index in [0.717, 1.165) is 5.56 Å². The Morgan fingerprint density at radius 1 is 0.786 bits per heavy atom. The molecule has 1 aliphatic rings. The normalized spacial score (nSPS) is 12.3. The van der Waals surface area contributed by atoms with Gasteiger partial charge in [0.25, 0.3) is 0 Å². The maximum atomic E-state index is 13.1. The minimum atomic E-state index is -1.04. The van der Waals surface area contributed by atoms with Crippen LogP contribution in [0.1, 0.15) is 43.0 Å². The molecule has 0 saturated heterocycles. The molecule has 0 radical (unpaired) electrons. The zero-order chi connectivity index (χ0) is 19.7. The van der Waals surface area contributed by atoms with E-state index in [9.17, 15) is 19.5 Å². The summed E-state index contributed by atoms with van der Waals surface area (Å²) in [6, 6.07) is 19.0. The molecule has 3 aromatic carbocycles. The van der Waals surface area contributed by atoms with Gasteiger partial charge in [0.05, 0.1) is 12.0 Å². The van der Waals surface area contributed by atoms with Crippen LogP contribution in [0.4, 0.5) is 0 Å². The Morgan fingerprint density at radius 3 is 2.11 bits per heavy atom. The Hall–Kier alpha value is -3.73. The van der Waals surface area contributed by atoms with E-state index in [2.05, 4.69) is 0 Å². The van der Waals surface area contributed by atoms with Gasteiger partial charge in [0.15, 0.2) is 11.6 Å². The number of carbonyl (C=O) groups excluding carboxylic acids is 2. The molecule has 5 nitrogen and oxygen atoms in total. The molecule has 3 aromatic rings. The van der Waals surface area contributed by atoms with Crippen LogP contribution in [0, 0.1) is 0 Å². The number of benzene rings is 3. The molecule has 0 aliphatic heterocycles. The second-order valence-corrected chi connectivity index (χ2v) is 6.52. The second kappa shape index (κ2) is 7.12. The zero-order valence-corrected chi connectivity index (χ0v) is 14.8. The minimum Gasteiger partial charge on any atom is -0.488 e. The van der Waals surface area contributed by atoms with Gasteiger partial charge in [-0.3, -0.25) is 14.4 Å². The van der Waals surface area contributed by atoms with Crippen LogP contribution in [0.15, 0.2) is 66.7 Å². The van der Waals surface area contributed by atoms with Gasteiger partial charge in [-0.25, -0.2) is 0 Å². The SMILES string of the molecule is O=C(O)Cc1ccc2c(c1OCc1ccccc1)C(=O)c1ccccc1C2=O. The van der Waals surface area contributed by atoms with Crippen molar-refractivity contribution in [3.05, 3.63) is 100 Å². The first-order valence-corrected chi connectivity index (χ1v) is 8.79. The molecule has 1 aliphatic carbocycles. The molecule has 0 heterocycles. The van der Waals surface area contributed by atoms with Crippen molar-refractivity contribution in [3.63, 3.8) is 0 Å². The lowest BCUT2D eigenvalue weighted by molar-refractivity contribution is -0.136. The first-order chi connectivity index (χ1) is 13.6. The molecule has 4 rings (SSSR count). The Labute approximate surface area is 161 Å². The molecule has 0 spiro atoms. The van der Waals surface area contributed by atoms with Crippen molar-refractivity contribution in [2.45, 2.75) is 13.0 Å². The van der Waals surface area contributed by atoms with Crippen LogP contribution in [0.25, 0.3) is 0 Å². The first kappa shape index (κ1) is 17.7. The predicted molar refractivity (Wildman–Crippen MR) is 102 cm³/mol. The number of rotatable bonds is 5. The van der Waals surface area contributed by atoms with Crippen LogP contribution in [0.2, 0.25) is 0 Å². The summed E-state index contributed by atoms with van der Waals surface area (Å²) in [5.74, 6) is -1.48. The smallest absolute Gasteiger partial charge is 0.307 e. The average molecular weight is 372 g/mol. The van der Waals surface area contributed by atoms with Crippen molar-refractivity contribution in [3.8, 4) is 5.75 Å². The molecule has 138 valence electrons. The molecular formula is C23H16O5. The number of hydrogen-bond donors (Lipinski definition) is 1. The van der Waals surface area contributed by atoms with Gasteiger partial charge in [-0.2, -0.15) is 0 Å². The Bertz CT molecular complexity index is 1100. The third-order valence-electron chi connectivity index (χ3n) is 4.69. The number of carboxylic acids is 1. The maximum absolute atomic E-state index is 13.1. The largest absolute Gasteiger partial charge is 0.488 e. The van der Waals surface area contributed by atoms with Crippen LogP contribution < -0.4 is 4.74 Å². The fourth-order valence-electron chi connectivity index (χ4n) is 3.40. The van der Waals surface area contributed by atoms with E-state index >= 15 is 0 Å². The summed E-state index contributed by atoms with van der Waals surface area (Å²) in [6.07, 6.45) is -0.305. The molecule has 0 bridgehead atoms. The number of carboxylic acid groups (broad SMARTS) is 1. The highest BCUT2D eigenvalue weighted by Crippen LogP contribution is 2.36. The number of ether oxygens (including phenoxy) is 1. The van der Waals surface area contributed by atoms with Gasteiger partial charge in [0, 0.05) is 22.3 Å². The third-order valence-corrected chi connectivity index (χ3v) is 4.69. The molecule has 0 fully saturated rings. The van der Waals surface area contributed by atoms with E-state index in [-0.39, 0.29) is 41.5 Å². The fraction of sp³-hybridized carbons (Fsp3) is 0.0870. The topological polar surface area (TPSA) is 80.7 Å². The standard InChI is InChI=1S/C23H16O5/c24-19(25)12-15-10-11-18-20(23(15)28-13-14-6-2-1-3-7-14)22(27)17-9-5-4-8-16(17)21(18)26/h1-11H,12-13H2,(H,24,25). The van der Waals surface area contributed by atoms with Crippen molar-refractivity contribution in [2.24, 2.45) is 0 Å². The molecule has 1 N–H and O–H groups in total. The van der Waals surface area contributed by atoms with Crippen molar-refractivity contribution in [1.82, 2.24) is 0 Å². The summed E-state index contributed by atoms with van der Waals surface area (Å²) in [4.78, 5) is 37.3. The number of ketones is 2. The monoisotopic (exact) mass is 372 g/mol. The van der Waals surface area contributed by atoms with Crippen LogP contribution in [-0.4, -0.2) is 22.6 Å². The molecule has 5 heteroatoms. The highest BCUT2D eigenvalue weighted by atomic mass is 16.5. The highest BCUT2D eigenvalue weighted by molar-refractivity contribution is 6.29. The van der Waals surface area contributed by atoms with Crippen LogP contribution in [0.5, 0.6) is 5.75 Å². The lowest BCUT2D eigenvalue weighted by Crippen LogP contribution is -2.23. The van der Waals surface area contributed by atoms with Crippen LogP contribution >= 0.6 is 0 Å². The van der Waals surface area contributed by atoms with E-state index in [0.29, 0.717) is 16.7 Å². The molecule has 0 amide bonds. The predicted octanol–water partition coefficient (Wildman–Crippen LogP) is 3.67. The van der Waals surface area contributed by atoms with Crippen molar-refractivity contribution in [1.29, 1.82) is 0 Å². The number of fused-ring (bicyclic) bond motifs is 2. The van der Waals surface area contributed by atoms with Crippen molar-refractivity contribution >= 4 is 17.5 Å². The van der Waals surface area contributed by atoms with Crippen LogP contribution in [0.3, 0.4) is 0 Å². The summed E-state index contributed by atoms with van der Waals surface area (Å²) in [5.41, 5.74) is 2.26. The molecule has 0 aromatic heterocycles. The number of carbonyl (C=O) groups is 3. The average Bonchev–Trinajstić information content (AvgIpc) is 2.71. The Balaban J connectivity index is 1.83. The third kappa shape index (κ3) is 3.07. The number of aliphatic carboxylic acids is 1. The highest BCUT2D eigenvalue weighted by Gasteiger charge is 2.33. The second-order valence-electron chi connectivity index (χ2n) is 6.52. The van der Waals surface area contributed by atoms with Crippen molar-refractivity contribution in [2.75, 3.05) is 0 Å². The maximum Gasteiger partial charge on any atom is 0.307 e. The lowest BCUT2D eigenvalue weighted by Gasteiger charge is -2.22. The lowest BCUT2D eigenvalue weighted by atomic mass is 9.82. The summed E-state index contributed by atoms with van der Waals surface area (Å²) >= 11 is 0. The van der Waals surface area contributed by atoms with E-state index in [1.165, 1.54) is 6.07 Å². The zero-order valence-electron chi connectivity index (χ0n) is 14.8. The molecular weight excluding hydrogens is 356 g/mol. The van der Waals surface area contributed by atoms with Crippen molar-refractivity contribution < 1.29 is 24.2 Å². The summed E-state index contributed by atoms with van der Waals surface area (Å²) in [6.45, 7) is 0.160. The minimum absolute atomic E-state index is 0.137. The quantitative estimate of drug-likeness (QED) is 0.578. The van der Waals surface area contributed by atoms with Crippen LogP contribution in [-0.2, 0) is 17.8 Å². The van der Waals surface area contributed by atoms with E-state index in [1.807, 2.05) is 30.3 Å². The fourth-order valence-corrected chi connectivity index (χ4v) is 3.40. The first-order valence-electron chi connectivity index (χ1n) is 8.79. The van der Waals surface area contributed by atoms with E-state index < -0.39 is 5.97 Å². The Kier molecular flexibility index (Phi) is 4.49. The van der Waals surface area contributed by atoms with Gasteiger partial charge in [0.2, 0.25) is 0 Å². The molecule has 0 atom stereocenters. The van der Waals surface area contributed by atoms with Gasteiger partial charge in [-0.05, 0) is 11.6 Å². The number of hydrogen-bond acceptors (Lipinski definition) is 4. The molecule has 0 unspecified atom stereocenters. The summed E-state index contributed by atoms with van der Waals surface area (Å²) in [7, 11) is 0.